The molecule has 0 saturated heterocycles. The third-order valence-electron chi connectivity index (χ3n) is 9.33. The summed E-state index contributed by atoms with van der Waals surface area (Å²) in [5.41, 5.74) is 5.31. The second kappa shape index (κ2) is 18.5. The molecule has 0 aliphatic heterocycles. The Kier molecular flexibility index (Phi) is 13.8. The summed E-state index contributed by atoms with van der Waals surface area (Å²) in [5, 5.41) is 23.6. The molecular weight excluding hydrogens is 720 g/mol. The van der Waals surface area contributed by atoms with Crippen molar-refractivity contribution in [2.45, 2.75) is 38.8 Å². The number of aryl methyl sites for hydroxylation is 1. The van der Waals surface area contributed by atoms with E-state index in [1.165, 1.54) is 0 Å². The number of carbonyl (C=O) groups is 2. The summed E-state index contributed by atoms with van der Waals surface area (Å²) in [6.07, 6.45) is 1.24. The number of carboxylic acid groups (broad SMARTS) is 1. The summed E-state index contributed by atoms with van der Waals surface area (Å²) >= 11 is 0. The minimum absolute atomic E-state index is 0. The van der Waals surface area contributed by atoms with E-state index in [-0.39, 0.29) is 81.4 Å². The number of benzene rings is 5. The zero-order valence-corrected chi connectivity index (χ0v) is 34.0. The van der Waals surface area contributed by atoms with Gasteiger partial charge in [0, 0.05) is 18.5 Å². The number of tetrazole rings is 1. The number of aromatic carboxylic acids is 1. The fraction of sp³-hybridized carbons (Fsp3) is 0.163. The molecule has 0 bridgehead atoms. The topological polar surface area (TPSA) is 155 Å². The molecule has 0 aliphatic carbocycles. The Bertz CT molecular complexity index is 2250. The van der Waals surface area contributed by atoms with Crippen LogP contribution in [0.5, 0.6) is 0 Å². The van der Waals surface area contributed by atoms with E-state index < -0.39 is 17.5 Å². The third-order valence-corrected chi connectivity index (χ3v) is 9.33. The van der Waals surface area contributed by atoms with Gasteiger partial charge in [0.2, 0.25) is 0 Å². The standard InChI is InChI=1S/C43H38N6O4.K.H2O/c1-3-16-37-44-38(41(50)51)39(42(52)53-4-2)48(37)29-30-25-27-31(28-26-30)35-23-14-15-24-36(35)40-45-46-47-49(40)43(32-17-8-5-9-18-32,33-19-10-6-11-20-33)34-21-12-7-13-22-34;;/h5-15,17-28H,3-4,16,29H2,1-2H3,(H,50,51);;1H2/q;+1;/p-1. The fourth-order valence-electron chi connectivity index (χ4n) is 7.03. The molecular formula is C43H39KN6O5. The Hall–Kier alpha value is -5.08. The van der Waals surface area contributed by atoms with Crippen LogP contribution in [0, 0.1) is 0 Å². The second-order valence-electron chi connectivity index (χ2n) is 12.6. The third kappa shape index (κ3) is 8.01. The van der Waals surface area contributed by atoms with Crippen LogP contribution in [-0.4, -0.2) is 58.9 Å². The van der Waals surface area contributed by atoms with Crippen molar-refractivity contribution in [3.63, 3.8) is 0 Å². The van der Waals surface area contributed by atoms with Gasteiger partial charge in [0.1, 0.15) is 11.4 Å². The minimum atomic E-state index is -1.27. The molecule has 5 aromatic carbocycles. The summed E-state index contributed by atoms with van der Waals surface area (Å²) in [4.78, 5) is 29.4. The van der Waals surface area contributed by atoms with Crippen molar-refractivity contribution in [3.05, 3.63) is 179 Å². The van der Waals surface area contributed by atoms with Crippen molar-refractivity contribution in [1.29, 1.82) is 0 Å². The number of hydrogen-bond donors (Lipinski definition) is 1. The van der Waals surface area contributed by atoms with Crippen molar-refractivity contribution in [1.82, 2.24) is 29.8 Å². The first-order valence-electron chi connectivity index (χ1n) is 17.6. The van der Waals surface area contributed by atoms with Gasteiger partial charge in [-0.05, 0) is 57.2 Å². The molecule has 0 aliphatic rings. The first-order valence-corrected chi connectivity index (χ1v) is 17.6. The van der Waals surface area contributed by atoms with Gasteiger partial charge in [-0.3, -0.25) is 0 Å². The first kappa shape index (κ1) is 41.1. The Morgan fingerprint density at radius 3 is 1.76 bits per heavy atom. The van der Waals surface area contributed by atoms with E-state index in [1.54, 1.807) is 11.5 Å². The summed E-state index contributed by atoms with van der Waals surface area (Å²) in [7, 11) is 0. The fourth-order valence-corrected chi connectivity index (χ4v) is 7.03. The number of nitrogens with zero attached hydrogens (tertiary/aromatic N) is 6. The van der Waals surface area contributed by atoms with E-state index in [1.807, 2.05) is 115 Å². The van der Waals surface area contributed by atoms with E-state index in [0.29, 0.717) is 18.1 Å². The van der Waals surface area contributed by atoms with Crippen LogP contribution in [0.1, 0.15) is 69.3 Å². The number of ether oxygens (including phenoxy) is 1. The summed E-state index contributed by atoms with van der Waals surface area (Å²) < 4.78 is 8.84. The molecule has 0 atom stereocenters. The second-order valence-corrected chi connectivity index (χ2v) is 12.6. The molecule has 0 spiro atoms. The van der Waals surface area contributed by atoms with Gasteiger partial charge in [0.25, 0.3) is 0 Å². The molecule has 0 saturated carbocycles. The maximum atomic E-state index is 13.0. The molecule has 0 fully saturated rings. The monoisotopic (exact) mass is 758 g/mol. The molecule has 11 nitrogen and oxygen atoms in total. The molecule has 7 rings (SSSR count). The van der Waals surface area contributed by atoms with Gasteiger partial charge < -0.3 is 19.9 Å². The van der Waals surface area contributed by atoms with E-state index in [2.05, 4.69) is 51.7 Å². The Labute approximate surface area is 361 Å². The largest absolute Gasteiger partial charge is 1.00 e. The van der Waals surface area contributed by atoms with Gasteiger partial charge in [-0.2, -0.15) is 0 Å². The predicted molar refractivity (Wildman–Crippen MR) is 203 cm³/mol. The van der Waals surface area contributed by atoms with Crippen LogP contribution in [0.4, 0.5) is 0 Å². The quantitative estimate of drug-likeness (QED) is 0.0997. The van der Waals surface area contributed by atoms with E-state index in [0.717, 1.165) is 45.4 Å². The minimum Gasteiger partial charge on any atom is -0.870 e. The smallest absolute Gasteiger partial charge is 0.870 e. The first-order chi connectivity index (χ1) is 26.0. The zero-order chi connectivity index (χ0) is 36.8. The normalized spacial score (nSPS) is 10.9. The van der Waals surface area contributed by atoms with E-state index in [9.17, 15) is 14.7 Å². The SMILES string of the molecule is CCCc1nc(C(=O)O)c(C(=O)OCC)n1Cc1ccc(-c2ccccc2-c2nnnn2C(c2ccccc2)(c2ccccc2)c2ccccc2)cc1.[K+].[OH-]. The number of esters is 1. The average molecular weight is 759 g/mol. The Balaban J connectivity index is 0.00000290. The molecule has 2 N–H and O–H groups in total. The van der Waals surface area contributed by atoms with Crippen LogP contribution in [-0.2, 0) is 23.2 Å². The molecule has 12 heteroatoms. The maximum Gasteiger partial charge on any atom is 1.00 e. The molecule has 0 amide bonds. The van der Waals surface area contributed by atoms with Gasteiger partial charge in [-0.15, -0.1) is 5.10 Å². The van der Waals surface area contributed by atoms with Gasteiger partial charge in [0.05, 0.1) is 6.61 Å². The molecule has 2 aromatic heterocycles. The van der Waals surface area contributed by atoms with Gasteiger partial charge in [0.15, 0.2) is 17.2 Å². The van der Waals surface area contributed by atoms with Crippen LogP contribution in [0.15, 0.2) is 140 Å². The van der Waals surface area contributed by atoms with E-state index >= 15 is 0 Å². The van der Waals surface area contributed by atoms with Crippen LogP contribution in [0.25, 0.3) is 22.5 Å². The predicted octanol–water partition coefficient (Wildman–Crippen LogP) is 4.75. The van der Waals surface area contributed by atoms with Gasteiger partial charge >= 0.3 is 63.3 Å². The number of hydrogen-bond acceptors (Lipinski definition) is 8. The van der Waals surface area contributed by atoms with Crippen molar-refractivity contribution in [3.8, 4) is 22.5 Å². The van der Waals surface area contributed by atoms with Gasteiger partial charge in [-0.25, -0.2) is 19.3 Å². The number of carbonyl (C=O) groups excluding carboxylic acids is 1. The van der Waals surface area contributed by atoms with Crippen LogP contribution in [0.3, 0.4) is 0 Å². The number of rotatable bonds is 13. The summed E-state index contributed by atoms with van der Waals surface area (Å²) in [6.45, 7) is 4.03. The summed E-state index contributed by atoms with van der Waals surface area (Å²) in [5.74, 6) is -0.869. The number of aromatic nitrogens is 6. The van der Waals surface area contributed by atoms with Crippen molar-refractivity contribution < 1.29 is 76.3 Å². The number of imidazole rings is 1. The maximum absolute atomic E-state index is 13.0. The molecule has 55 heavy (non-hydrogen) atoms. The van der Waals surface area contributed by atoms with Crippen LogP contribution >= 0.6 is 0 Å². The van der Waals surface area contributed by atoms with Crippen molar-refractivity contribution >= 4 is 11.9 Å². The van der Waals surface area contributed by atoms with Crippen LogP contribution < -0.4 is 51.4 Å². The summed E-state index contributed by atoms with van der Waals surface area (Å²) in [6, 6.07) is 46.8. The molecule has 0 unspecified atom stereocenters. The van der Waals surface area contributed by atoms with Crippen molar-refractivity contribution in [2.75, 3.05) is 6.61 Å². The van der Waals surface area contributed by atoms with Gasteiger partial charge in [-0.1, -0.05) is 146 Å². The molecule has 2 heterocycles. The Morgan fingerprint density at radius 1 is 0.727 bits per heavy atom. The van der Waals surface area contributed by atoms with E-state index in [4.69, 9.17) is 9.95 Å². The average Bonchev–Trinajstić information content (AvgIpc) is 3.83. The van der Waals surface area contributed by atoms with Crippen molar-refractivity contribution in [2.24, 2.45) is 0 Å². The molecule has 272 valence electrons. The number of carboxylic acids is 1. The molecule has 7 aromatic rings. The zero-order valence-electron chi connectivity index (χ0n) is 30.9. The molecule has 0 radical (unpaired) electrons. The Morgan fingerprint density at radius 2 is 1.25 bits per heavy atom. The van der Waals surface area contributed by atoms with Crippen LogP contribution in [0.2, 0.25) is 0 Å².